The first-order valence-electron chi connectivity index (χ1n) is 6.09. The Morgan fingerprint density at radius 3 is 2.47 bits per heavy atom. The molecule has 0 spiro atoms. The lowest BCUT2D eigenvalue weighted by Gasteiger charge is -2.38. The Morgan fingerprint density at radius 1 is 1.41 bits per heavy atom. The highest BCUT2D eigenvalue weighted by molar-refractivity contribution is 5.56. The molecular weight excluding hydrogens is 215 g/mol. The zero-order valence-electron chi connectivity index (χ0n) is 11.4. The fourth-order valence-electron chi connectivity index (χ4n) is 1.83. The van der Waals surface area contributed by atoms with Gasteiger partial charge in [-0.25, -0.2) is 4.39 Å². The van der Waals surface area contributed by atoms with Gasteiger partial charge in [-0.3, -0.25) is 0 Å². The summed E-state index contributed by atoms with van der Waals surface area (Å²) < 4.78 is 13.8. The maximum Gasteiger partial charge on any atom is 0.130 e. The van der Waals surface area contributed by atoms with E-state index in [1.807, 2.05) is 20.0 Å². The van der Waals surface area contributed by atoms with E-state index in [2.05, 4.69) is 25.7 Å². The van der Waals surface area contributed by atoms with E-state index in [1.165, 1.54) is 6.07 Å². The number of hydrogen-bond acceptors (Lipinski definition) is 2. The maximum atomic E-state index is 13.8. The van der Waals surface area contributed by atoms with Crippen molar-refractivity contribution in [2.75, 3.05) is 11.9 Å². The number of rotatable bonds is 4. The van der Waals surface area contributed by atoms with Gasteiger partial charge in [0.2, 0.25) is 0 Å². The van der Waals surface area contributed by atoms with Crippen LogP contribution in [0.15, 0.2) is 18.2 Å². The zero-order chi connectivity index (χ0) is 13.2. The van der Waals surface area contributed by atoms with E-state index < -0.39 is 0 Å². The van der Waals surface area contributed by atoms with Crippen molar-refractivity contribution in [1.82, 2.24) is 0 Å². The Balaban J connectivity index is 3.27. The summed E-state index contributed by atoms with van der Waals surface area (Å²) in [7, 11) is 1.99. The number of halogens is 1. The number of nitrogens with two attached hydrogens (primary N) is 1. The highest BCUT2D eigenvalue weighted by atomic mass is 19.1. The molecule has 17 heavy (non-hydrogen) atoms. The molecule has 0 aliphatic carbocycles. The summed E-state index contributed by atoms with van der Waals surface area (Å²) in [5, 5.41) is 0. The topological polar surface area (TPSA) is 29.3 Å². The Morgan fingerprint density at radius 2 is 2.00 bits per heavy atom. The summed E-state index contributed by atoms with van der Waals surface area (Å²) in [6.07, 6.45) is 0.985. The van der Waals surface area contributed by atoms with Crippen LogP contribution < -0.4 is 10.6 Å². The third-order valence-corrected chi connectivity index (χ3v) is 3.62. The van der Waals surface area contributed by atoms with Crippen LogP contribution in [0, 0.1) is 5.82 Å². The second-order valence-electron chi connectivity index (χ2n) is 5.19. The number of anilines is 1. The molecule has 0 fully saturated rings. The summed E-state index contributed by atoms with van der Waals surface area (Å²) in [6.45, 7) is 8.22. The predicted molar refractivity (Wildman–Crippen MR) is 71.8 cm³/mol. The SMILES string of the molecule is CCC(C)(C)N(C)c1cccc(F)c1C(C)N. The Kier molecular flexibility index (Phi) is 4.15. The third kappa shape index (κ3) is 2.78. The number of hydrogen-bond donors (Lipinski definition) is 1. The molecule has 1 rings (SSSR count). The van der Waals surface area contributed by atoms with E-state index in [0.29, 0.717) is 5.56 Å². The van der Waals surface area contributed by atoms with Gasteiger partial charge in [-0.05, 0) is 39.3 Å². The van der Waals surface area contributed by atoms with E-state index in [4.69, 9.17) is 5.73 Å². The third-order valence-electron chi connectivity index (χ3n) is 3.62. The van der Waals surface area contributed by atoms with Crippen LogP contribution in [-0.4, -0.2) is 12.6 Å². The Labute approximate surface area is 104 Å². The van der Waals surface area contributed by atoms with Crippen molar-refractivity contribution >= 4 is 5.69 Å². The molecule has 1 aromatic rings. The van der Waals surface area contributed by atoms with Gasteiger partial charge in [0.25, 0.3) is 0 Å². The van der Waals surface area contributed by atoms with Crippen LogP contribution in [0.25, 0.3) is 0 Å². The second kappa shape index (κ2) is 5.05. The average molecular weight is 238 g/mol. The van der Waals surface area contributed by atoms with Crippen LogP contribution in [0.4, 0.5) is 10.1 Å². The summed E-state index contributed by atoms with van der Waals surface area (Å²) >= 11 is 0. The van der Waals surface area contributed by atoms with Crippen LogP contribution >= 0.6 is 0 Å². The van der Waals surface area contributed by atoms with Gasteiger partial charge in [0.15, 0.2) is 0 Å². The largest absolute Gasteiger partial charge is 0.369 e. The predicted octanol–water partition coefficient (Wildman–Crippen LogP) is 3.47. The lowest BCUT2D eigenvalue weighted by atomic mass is 9.96. The van der Waals surface area contributed by atoms with E-state index in [1.54, 1.807) is 6.07 Å². The molecule has 0 radical (unpaired) electrons. The van der Waals surface area contributed by atoms with Gasteiger partial charge < -0.3 is 10.6 Å². The lowest BCUT2D eigenvalue weighted by Crippen LogP contribution is -2.41. The molecule has 0 aliphatic rings. The fraction of sp³-hybridized carbons (Fsp3) is 0.571. The standard InChI is InChI=1S/C14H23FN2/c1-6-14(3,4)17(5)12-9-7-8-11(15)13(12)10(2)16/h7-10H,6,16H2,1-5H3. The quantitative estimate of drug-likeness (QED) is 0.870. The highest BCUT2D eigenvalue weighted by Crippen LogP contribution is 2.32. The van der Waals surface area contributed by atoms with Crippen LogP contribution in [0.1, 0.15) is 45.7 Å². The molecule has 2 nitrogen and oxygen atoms in total. The molecule has 3 heteroatoms. The van der Waals surface area contributed by atoms with Gasteiger partial charge in [0, 0.05) is 29.9 Å². The normalized spacial score (nSPS) is 13.6. The van der Waals surface area contributed by atoms with Crippen molar-refractivity contribution in [1.29, 1.82) is 0 Å². The summed E-state index contributed by atoms with van der Waals surface area (Å²) in [4.78, 5) is 2.11. The van der Waals surface area contributed by atoms with Gasteiger partial charge in [0.05, 0.1) is 0 Å². The molecule has 0 amide bonds. The van der Waals surface area contributed by atoms with E-state index in [9.17, 15) is 4.39 Å². The minimum atomic E-state index is -0.304. The van der Waals surface area contributed by atoms with E-state index >= 15 is 0 Å². The van der Waals surface area contributed by atoms with E-state index in [0.717, 1.165) is 12.1 Å². The van der Waals surface area contributed by atoms with Gasteiger partial charge in [0.1, 0.15) is 5.82 Å². The molecule has 1 unspecified atom stereocenters. The van der Waals surface area contributed by atoms with Crippen molar-refractivity contribution in [3.05, 3.63) is 29.6 Å². The van der Waals surface area contributed by atoms with Crippen LogP contribution in [0.2, 0.25) is 0 Å². The first-order valence-corrected chi connectivity index (χ1v) is 6.09. The molecule has 0 aliphatic heterocycles. The van der Waals surface area contributed by atoms with Crippen LogP contribution in [-0.2, 0) is 0 Å². The molecular formula is C14H23FN2. The number of benzene rings is 1. The molecule has 0 heterocycles. The van der Waals surface area contributed by atoms with Crippen LogP contribution in [0.3, 0.4) is 0 Å². The van der Waals surface area contributed by atoms with Crippen molar-refractivity contribution in [2.45, 2.75) is 45.7 Å². The smallest absolute Gasteiger partial charge is 0.130 e. The van der Waals surface area contributed by atoms with Crippen molar-refractivity contribution in [3.63, 3.8) is 0 Å². The second-order valence-corrected chi connectivity index (χ2v) is 5.19. The Bertz CT molecular complexity index is 386. The minimum absolute atomic E-state index is 0.0164. The molecule has 96 valence electrons. The molecule has 0 aromatic heterocycles. The molecule has 2 N–H and O–H groups in total. The van der Waals surface area contributed by atoms with Gasteiger partial charge in [-0.2, -0.15) is 0 Å². The first-order chi connectivity index (χ1) is 7.81. The van der Waals surface area contributed by atoms with Crippen molar-refractivity contribution < 1.29 is 4.39 Å². The lowest BCUT2D eigenvalue weighted by molar-refractivity contribution is 0.467. The summed E-state index contributed by atoms with van der Waals surface area (Å²) in [5.41, 5.74) is 7.33. The minimum Gasteiger partial charge on any atom is -0.369 e. The molecule has 0 saturated heterocycles. The number of nitrogens with zero attached hydrogens (tertiary/aromatic N) is 1. The van der Waals surface area contributed by atoms with Crippen molar-refractivity contribution in [2.24, 2.45) is 5.73 Å². The van der Waals surface area contributed by atoms with E-state index in [-0.39, 0.29) is 17.4 Å². The average Bonchev–Trinajstić information content (AvgIpc) is 2.27. The first kappa shape index (κ1) is 14.0. The van der Waals surface area contributed by atoms with Crippen LogP contribution in [0.5, 0.6) is 0 Å². The van der Waals surface area contributed by atoms with Crippen molar-refractivity contribution in [3.8, 4) is 0 Å². The molecule has 1 aromatic carbocycles. The highest BCUT2D eigenvalue weighted by Gasteiger charge is 2.25. The summed E-state index contributed by atoms with van der Waals surface area (Å²) in [6, 6.07) is 4.83. The van der Waals surface area contributed by atoms with Gasteiger partial charge in [-0.15, -0.1) is 0 Å². The van der Waals surface area contributed by atoms with Gasteiger partial charge in [-0.1, -0.05) is 13.0 Å². The monoisotopic (exact) mass is 238 g/mol. The summed E-state index contributed by atoms with van der Waals surface area (Å²) in [5.74, 6) is -0.226. The zero-order valence-corrected chi connectivity index (χ0v) is 11.4. The fourth-order valence-corrected chi connectivity index (χ4v) is 1.83. The maximum absolute atomic E-state index is 13.8. The molecule has 1 atom stereocenters. The van der Waals surface area contributed by atoms with Gasteiger partial charge >= 0.3 is 0 Å². The molecule has 0 saturated carbocycles. The Hall–Kier alpha value is -1.09. The molecule has 0 bridgehead atoms.